The lowest BCUT2D eigenvalue weighted by Gasteiger charge is -2.57. The SMILES string of the molecule is COC1OC(C(C)C2CCC3C4=CC(=O)C5CC(O[C@@H]6O[C@H](CO)[C@@H](O)[C@H](O)[C@H]6O[C@@H]6O[C@@H](C)[C@H](O)[C@@H](O)[C@H]6O)CCC5(C)C4CCC32C)CCC1C. The molecule has 0 amide bonds. The van der Waals surface area contributed by atoms with Crippen LogP contribution in [0.25, 0.3) is 0 Å². The number of ketones is 1. The fourth-order valence-electron chi connectivity index (χ4n) is 12.0. The van der Waals surface area contributed by atoms with Gasteiger partial charge in [-0.2, -0.15) is 0 Å². The van der Waals surface area contributed by atoms with E-state index in [1.54, 1.807) is 7.11 Å². The number of ether oxygens (including phenoxy) is 6. The Morgan fingerprint density at radius 2 is 1.49 bits per heavy atom. The Morgan fingerprint density at radius 3 is 2.21 bits per heavy atom. The van der Waals surface area contributed by atoms with Crippen molar-refractivity contribution < 1.29 is 63.9 Å². The van der Waals surface area contributed by atoms with E-state index in [0.29, 0.717) is 42.4 Å². The van der Waals surface area contributed by atoms with Gasteiger partial charge in [0.1, 0.15) is 42.7 Å². The van der Waals surface area contributed by atoms with Crippen LogP contribution in [0.1, 0.15) is 92.4 Å². The van der Waals surface area contributed by atoms with Gasteiger partial charge in [-0.15, -0.1) is 0 Å². The molecule has 13 heteroatoms. The summed E-state index contributed by atoms with van der Waals surface area (Å²) in [5.74, 6) is 1.81. The van der Waals surface area contributed by atoms with Gasteiger partial charge >= 0.3 is 0 Å². The molecule has 3 heterocycles. The van der Waals surface area contributed by atoms with Crippen LogP contribution in [0.2, 0.25) is 0 Å². The number of aliphatic hydroxyl groups excluding tert-OH is 6. The van der Waals surface area contributed by atoms with Crippen LogP contribution in [-0.4, -0.2) is 130 Å². The lowest BCUT2D eigenvalue weighted by atomic mass is 9.47. The first kappa shape index (κ1) is 40.1. The zero-order valence-electron chi connectivity index (χ0n) is 32.2. The molecule has 0 aromatic carbocycles. The highest BCUT2D eigenvalue weighted by atomic mass is 16.8. The second kappa shape index (κ2) is 15.4. The van der Waals surface area contributed by atoms with Gasteiger partial charge < -0.3 is 59.1 Å². The standard InChI is InChI=1S/C40H64O13/c1-18-7-10-28(51-36(18)48-6)19(2)23-8-9-24-22-16-27(42)26-15-21(11-13-40(26,5)25(22)12-14-39(23,24)4)50-38-35(33(46)31(44)29(17-41)52-38)53-37-34(47)32(45)30(43)20(3)49-37/h16,18-21,23-26,28-38,41,43-47H,7-15,17H2,1-6H3/t18?,19?,20-,21?,23?,24?,25?,26?,28?,29+,30-,31+,32+,33-,34+,35+,36?,37-,38+,39?,40?/m0/s1. The van der Waals surface area contributed by atoms with Crippen molar-refractivity contribution >= 4 is 5.78 Å². The number of fused-ring (bicyclic) bond motifs is 5. The molecule has 13 nitrogen and oxygen atoms in total. The second-order valence-electron chi connectivity index (χ2n) is 18.2. The van der Waals surface area contributed by atoms with Gasteiger partial charge in [0.2, 0.25) is 0 Å². The van der Waals surface area contributed by atoms with Gasteiger partial charge in [0, 0.05) is 18.9 Å². The minimum Gasteiger partial charge on any atom is -0.394 e. The first-order valence-corrected chi connectivity index (χ1v) is 20.2. The summed E-state index contributed by atoms with van der Waals surface area (Å²) in [5, 5.41) is 62.9. The van der Waals surface area contributed by atoms with Crippen LogP contribution in [0.15, 0.2) is 11.6 Å². The smallest absolute Gasteiger partial charge is 0.187 e. The molecule has 6 N–H and O–H groups in total. The Kier molecular flexibility index (Phi) is 11.6. The molecule has 0 spiro atoms. The molecule has 53 heavy (non-hydrogen) atoms. The zero-order valence-corrected chi connectivity index (χ0v) is 32.2. The molecule has 7 rings (SSSR count). The van der Waals surface area contributed by atoms with Crippen molar-refractivity contribution in [2.45, 2.75) is 172 Å². The molecule has 7 aliphatic rings. The number of aliphatic hydroxyl groups is 6. The Balaban J connectivity index is 1.06. The van der Waals surface area contributed by atoms with Crippen LogP contribution in [0.3, 0.4) is 0 Å². The summed E-state index contributed by atoms with van der Waals surface area (Å²) in [4.78, 5) is 14.2. The third-order valence-electron chi connectivity index (χ3n) is 15.3. The van der Waals surface area contributed by atoms with Crippen molar-refractivity contribution in [3.63, 3.8) is 0 Å². The van der Waals surface area contributed by atoms with E-state index in [-0.39, 0.29) is 34.9 Å². The quantitative estimate of drug-likeness (QED) is 0.212. The summed E-state index contributed by atoms with van der Waals surface area (Å²) in [6.07, 6.45) is -4.03. The Bertz CT molecular complexity index is 1350. The van der Waals surface area contributed by atoms with E-state index in [1.807, 2.05) is 6.08 Å². The molecule has 302 valence electrons. The minimum absolute atomic E-state index is 0.101. The molecule has 6 fully saturated rings. The molecular weight excluding hydrogens is 688 g/mol. The van der Waals surface area contributed by atoms with E-state index in [1.165, 1.54) is 12.5 Å². The number of allylic oxidation sites excluding steroid dienone is 2. The maximum atomic E-state index is 14.2. The van der Waals surface area contributed by atoms with E-state index >= 15 is 0 Å². The van der Waals surface area contributed by atoms with Gasteiger partial charge in [-0.1, -0.05) is 33.3 Å². The van der Waals surface area contributed by atoms with Crippen molar-refractivity contribution in [1.82, 2.24) is 0 Å². The number of rotatable bonds is 8. The van der Waals surface area contributed by atoms with Gasteiger partial charge in [0.15, 0.2) is 24.7 Å². The number of hydrogen-bond acceptors (Lipinski definition) is 13. The van der Waals surface area contributed by atoms with Gasteiger partial charge in [-0.25, -0.2) is 0 Å². The second-order valence-corrected chi connectivity index (χ2v) is 18.2. The summed E-state index contributed by atoms with van der Waals surface area (Å²) in [6, 6.07) is 0. The van der Waals surface area contributed by atoms with Crippen molar-refractivity contribution in [3.8, 4) is 0 Å². The van der Waals surface area contributed by atoms with Gasteiger partial charge in [0.25, 0.3) is 0 Å². The van der Waals surface area contributed by atoms with Crippen molar-refractivity contribution in [2.75, 3.05) is 13.7 Å². The number of carbonyl (C=O) groups is 1. The van der Waals surface area contributed by atoms with Gasteiger partial charge in [-0.3, -0.25) is 4.79 Å². The highest BCUT2D eigenvalue weighted by Crippen LogP contribution is 2.67. The molecule has 3 saturated heterocycles. The highest BCUT2D eigenvalue weighted by Gasteiger charge is 2.61. The largest absolute Gasteiger partial charge is 0.394 e. The van der Waals surface area contributed by atoms with E-state index in [9.17, 15) is 35.4 Å². The monoisotopic (exact) mass is 752 g/mol. The average molecular weight is 753 g/mol. The third-order valence-corrected chi connectivity index (χ3v) is 15.3. The number of carbonyl (C=O) groups excluding carboxylic acids is 1. The van der Waals surface area contributed by atoms with Crippen LogP contribution in [0.5, 0.6) is 0 Å². The summed E-state index contributed by atoms with van der Waals surface area (Å²) in [5.41, 5.74) is 1.20. The number of hydrogen-bond donors (Lipinski definition) is 6. The lowest BCUT2D eigenvalue weighted by Crippen LogP contribution is -2.64. The Morgan fingerprint density at radius 1 is 0.774 bits per heavy atom. The first-order chi connectivity index (χ1) is 25.1. The lowest BCUT2D eigenvalue weighted by molar-refractivity contribution is -0.370. The summed E-state index contributed by atoms with van der Waals surface area (Å²) >= 11 is 0. The predicted octanol–water partition coefficient (Wildman–Crippen LogP) is 2.21. The third kappa shape index (κ3) is 6.90. The fraction of sp³-hybridized carbons (Fsp3) is 0.925. The van der Waals surface area contributed by atoms with Crippen LogP contribution >= 0.6 is 0 Å². The Hall–Kier alpha value is -1.07. The predicted molar refractivity (Wildman–Crippen MR) is 189 cm³/mol. The molecule has 0 aromatic rings. The molecule has 21 atom stereocenters. The maximum Gasteiger partial charge on any atom is 0.187 e. The molecule has 3 aliphatic heterocycles. The van der Waals surface area contributed by atoms with Gasteiger partial charge in [-0.05, 0) is 105 Å². The molecule has 3 saturated carbocycles. The van der Waals surface area contributed by atoms with Crippen LogP contribution < -0.4 is 0 Å². The van der Waals surface area contributed by atoms with E-state index < -0.39 is 74.1 Å². The topological polar surface area (TPSA) is 194 Å². The molecule has 0 bridgehead atoms. The van der Waals surface area contributed by atoms with E-state index in [2.05, 4.69) is 27.7 Å². The van der Waals surface area contributed by atoms with Gasteiger partial charge in [0.05, 0.1) is 24.9 Å². The molecular formula is C40H64O13. The van der Waals surface area contributed by atoms with Crippen LogP contribution in [-0.2, 0) is 33.2 Å². The summed E-state index contributed by atoms with van der Waals surface area (Å²) in [6.45, 7) is 10.2. The summed E-state index contributed by atoms with van der Waals surface area (Å²) < 4.78 is 36.1. The van der Waals surface area contributed by atoms with Crippen LogP contribution in [0.4, 0.5) is 0 Å². The minimum atomic E-state index is -1.65. The maximum absolute atomic E-state index is 14.2. The van der Waals surface area contributed by atoms with E-state index in [4.69, 9.17) is 28.4 Å². The summed E-state index contributed by atoms with van der Waals surface area (Å²) in [7, 11) is 1.74. The van der Waals surface area contributed by atoms with Crippen molar-refractivity contribution in [2.24, 2.45) is 46.3 Å². The van der Waals surface area contributed by atoms with Crippen LogP contribution in [0, 0.1) is 46.3 Å². The first-order valence-electron chi connectivity index (χ1n) is 20.2. The zero-order chi connectivity index (χ0) is 38.1. The molecule has 0 aromatic heterocycles. The van der Waals surface area contributed by atoms with E-state index in [0.717, 1.165) is 44.9 Å². The average Bonchev–Trinajstić information content (AvgIpc) is 3.50. The fourth-order valence-corrected chi connectivity index (χ4v) is 12.0. The highest BCUT2D eigenvalue weighted by molar-refractivity contribution is 5.94. The Labute approximate surface area is 313 Å². The molecule has 4 aliphatic carbocycles. The van der Waals surface area contributed by atoms with Crippen molar-refractivity contribution in [3.05, 3.63) is 11.6 Å². The molecule has 11 unspecified atom stereocenters. The van der Waals surface area contributed by atoms with Crippen molar-refractivity contribution in [1.29, 1.82) is 0 Å². The normalized spacial score (nSPS) is 53.7. The molecule has 0 radical (unpaired) electrons. The number of methoxy groups -OCH3 is 1.